The highest BCUT2D eigenvalue weighted by Crippen LogP contribution is 2.61. The zero-order valence-corrected chi connectivity index (χ0v) is 29.8. The molecule has 0 aliphatic carbocycles. The molecular formula is C36H50BrN3O7. The second kappa shape index (κ2) is 15.0. The van der Waals surface area contributed by atoms with Gasteiger partial charge in [0.2, 0.25) is 17.7 Å². The zero-order valence-electron chi connectivity index (χ0n) is 28.2. The number of amides is 3. The number of carbonyl (C=O) groups excluding carboxylic acids is 4. The van der Waals surface area contributed by atoms with Crippen LogP contribution in [0.1, 0.15) is 71.9 Å². The molecule has 2 bridgehead atoms. The summed E-state index contributed by atoms with van der Waals surface area (Å²) in [6.45, 7) is 17.0. The van der Waals surface area contributed by atoms with Crippen LogP contribution in [0.3, 0.4) is 0 Å². The number of halogens is 1. The van der Waals surface area contributed by atoms with E-state index in [1.807, 2.05) is 65.0 Å². The van der Waals surface area contributed by atoms with Crippen molar-refractivity contribution in [2.75, 3.05) is 19.8 Å². The fraction of sp³-hybridized carbons (Fsp3) is 0.611. The van der Waals surface area contributed by atoms with E-state index in [1.165, 1.54) is 4.90 Å². The number of rotatable bonds is 15. The molecule has 3 fully saturated rings. The van der Waals surface area contributed by atoms with E-state index in [9.17, 15) is 24.3 Å². The molecule has 3 aliphatic rings. The molecular weight excluding hydrogens is 666 g/mol. The van der Waals surface area contributed by atoms with Crippen molar-refractivity contribution in [3.8, 4) is 0 Å². The number of alkyl halides is 1. The summed E-state index contributed by atoms with van der Waals surface area (Å²) in [6.07, 6.45) is 4.28. The lowest BCUT2D eigenvalue weighted by Gasteiger charge is -2.44. The zero-order chi connectivity index (χ0) is 34.7. The Hall–Kier alpha value is -3.02. The van der Waals surface area contributed by atoms with Crippen molar-refractivity contribution < 1.29 is 33.8 Å². The second-order valence-electron chi connectivity index (χ2n) is 13.9. The quantitative estimate of drug-likeness (QED) is 0.157. The predicted molar refractivity (Wildman–Crippen MR) is 182 cm³/mol. The van der Waals surface area contributed by atoms with Crippen LogP contribution in [0.4, 0.5) is 0 Å². The number of aliphatic hydroxyl groups excluding tert-OH is 1. The Balaban J connectivity index is 1.74. The average Bonchev–Trinajstić information content (AvgIpc) is 3.63. The number of fused-ring (bicyclic) bond motifs is 1. The number of allylic oxidation sites excluding steroid dienone is 1. The molecule has 2 N–H and O–H groups in total. The van der Waals surface area contributed by atoms with Gasteiger partial charge < -0.3 is 29.7 Å². The van der Waals surface area contributed by atoms with Gasteiger partial charge in [-0.25, -0.2) is 0 Å². The summed E-state index contributed by atoms with van der Waals surface area (Å²) in [4.78, 5) is 59.1. The normalized spacial score (nSPS) is 28.3. The molecule has 4 rings (SSSR count). The molecule has 11 heteroatoms. The highest BCUT2D eigenvalue weighted by molar-refractivity contribution is 9.09. The predicted octanol–water partition coefficient (Wildman–Crippen LogP) is 4.32. The molecule has 47 heavy (non-hydrogen) atoms. The highest BCUT2D eigenvalue weighted by atomic mass is 79.9. The minimum atomic E-state index is -1.29. The van der Waals surface area contributed by atoms with Crippen molar-refractivity contribution in [1.29, 1.82) is 0 Å². The van der Waals surface area contributed by atoms with Crippen LogP contribution < -0.4 is 5.32 Å². The van der Waals surface area contributed by atoms with E-state index in [2.05, 4.69) is 34.4 Å². The molecule has 0 radical (unpaired) electrons. The molecule has 3 heterocycles. The minimum Gasteiger partial charge on any atom is -0.463 e. The van der Waals surface area contributed by atoms with Crippen LogP contribution >= 0.6 is 15.9 Å². The SMILES string of the molecule is C=CCCC(=O)OC[C@H](NC(=O)[C@@H]1[C@H]2O[C@@]3(CC2Br)[C@H](C(=O)N(CC=C)C(C)(C)C)N([C@@H](CO)[C@@H](C)CC)C(=O)[C@@H]13)c1ccccc1. The lowest BCUT2D eigenvalue weighted by Crippen LogP contribution is -2.62. The fourth-order valence-electron chi connectivity index (χ4n) is 7.43. The molecule has 3 saturated heterocycles. The van der Waals surface area contributed by atoms with Gasteiger partial charge in [0.1, 0.15) is 18.2 Å². The van der Waals surface area contributed by atoms with Gasteiger partial charge >= 0.3 is 5.97 Å². The maximum absolute atomic E-state index is 14.7. The first kappa shape index (κ1) is 36.8. The smallest absolute Gasteiger partial charge is 0.306 e. The summed E-state index contributed by atoms with van der Waals surface area (Å²) in [5.74, 6) is -3.51. The van der Waals surface area contributed by atoms with E-state index in [4.69, 9.17) is 9.47 Å². The van der Waals surface area contributed by atoms with Crippen molar-refractivity contribution in [3.05, 3.63) is 61.2 Å². The molecule has 1 aromatic rings. The Labute approximate surface area is 287 Å². The first-order valence-electron chi connectivity index (χ1n) is 16.6. The molecule has 0 aromatic heterocycles. The Morgan fingerprint density at radius 1 is 1.23 bits per heavy atom. The van der Waals surface area contributed by atoms with Crippen molar-refractivity contribution in [1.82, 2.24) is 15.1 Å². The second-order valence-corrected chi connectivity index (χ2v) is 15.1. The summed E-state index contributed by atoms with van der Waals surface area (Å²) in [6, 6.07) is 6.81. The molecule has 9 atom stereocenters. The van der Waals surface area contributed by atoms with E-state index in [0.717, 1.165) is 5.56 Å². The number of esters is 1. The number of carbonyl (C=O) groups is 4. The van der Waals surface area contributed by atoms with Gasteiger partial charge in [0.15, 0.2) is 0 Å². The van der Waals surface area contributed by atoms with Crippen LogP contribution in [-0.2, 0) is 28.7 Å². The Kier molecular flexibility index (Phi) is 11.8. The van der Waals surface area contributed by atoms with Crippen molar-refractivity contribution >= 4 is 39.6 Å². The molecule has 3 amide bonds. The van der Waals surface area contributed by atoms with E-state index in [0.29, 0.717) is 19.3 Å². The van der Waals surface area contributed by atoms with E-state index >= 15 is 0 Å². The Morgan fingerprint density at radius 3 is 2.49 bits per heavy atom. The molecule has 3 aliphatic heterocycles. The standard InChI is InChI=1S/C36H50BrN3O7/c1-8-11-17-27(42)46-21-25(23-15-13-12-14-16-23)38-32(43)28-29-33(44)40(26(20-41)22(4)10-3)31(36(29)19-24(37)30(28)47-36)34(45)39(18-9-2)35(5,6)7/h8-9,12-16,22,24-26,28-31,41H,1-2,10-11,17-21H2,3-7H3,(H,38,43)/t22-,24?,25-,26-,28-,29+,30-,31-,36+/m0/s1. The Bertz CT molecular complexity index is 1330. The van der Waals surface area contributed by atoms with Crippen LogP contribution in [0.15, 0.2) is 55.6 Å². The van der Waals surface area contributed by atoms with E-state index < -0.39 is 59.1 Å². The topological polar surface area (TPSA) is 125 Å². The maximum atomic E-state index is 14.7. The average molecular weight is 717 g/mol. The van der Waals surface area contributed by atoms with E-state index in [1.54, 1.807) is 17.1 Å². The van der Waals surface area contributed by atoms with Gasteiger partial charge in [0.25, 0.3) is 0 Å². The summed E-state index contributed by atoms with van der Waals surface area (Å²) >= 11 is 3.74. The van der Waals surface area contributed by atoms with Gasteiger partial charge in [-0.2, -0.15) is 0 Å². The number of benzene rings is 1. The number of likely N-dealkylation sites (tertiary alicyclic amines) is 1. The summed E-state index contributed by atoms with van der Waals surface area (Å²) in [5, 5.41) is 13.7. The third-order valence-corrected chi connectivity index (χ3v) is 10.8. The lowest BCUT2D eigenvalue weighted by atomic mass is 9.70. The van der Waals surface area contributed by atoms with Crippen molar-refractivity contribution in [3.63, 3.8) is 0 Å². The van der Waals surface area contributed by atoms with Gasteiger partial charge in [-0.1, -0.05) is 78.7 Å². The van der Waals surface area contributed by atoms with Crippen LogP contribution in [0.25, 0.3) is 0 Å². The number of hydrogen-bond donors (Lipinski definition) is 2. The lowest BCUT2D eigenvalue weighted by molar-refractivity contribution is -0.155. The third-order valence-electron chi connectivity index (χ3n) is 9.98. The number of ether oxygens (including phenoxy) is 2. The maximum Gasteiger partial charge on any atom is 0.306 e. The van der Waals surface area contributed by atoms with Crippen LogP contribution in [0.5, 0.6) is 0 Å². The van der Waals surface area contributed by atoms with Crippen LogP contribution in [-0.4, -0.2) is 92.5 Å². The van der Waals surface area contributed by atoms with Gasteiger partial charge in [-0.15, -0.1) is 13.2 Å². The largest absolute Gasteiger partial charge is 0.463 e. The molecule has 258 valence electrons. The summed E-state index contributed by atoms with van der Waals surface area (Å²) < 4.78 is 12.3. The number of aliphatic hydroxyl groups is 1. The van der Waals surface area contributed by atoms with Crippen LogP contribution in [0, 0.1) is 17.8 Å². The summed E-state index contributed by atoms with van der Waals surface area (Å²) in [7, 11) is 0. The van der Waals surface area contributed by atoms with Gasteiger partial charge in [-0.05, 0) is 45.1 Å². The Morgan fingerprint density at radius 2 is 1.91 bits per heavy atom. The highest BCUT2D eigenvalue weighted by Gasteiger charge is 2.77. The molecule has 1 unspecified atom stereocenters. The van der Waals surface area contributed by atoms with Crippen LogP contribution in [0.2, 0.25) is 0 Å². The first-order chi connectivity index (χ1) is 22.3. The van der Waals surface area contributed by atoms with Crippen molar-refractivity contribution in [2.45, 2.75) is 100 Å². The molecule has 0 saturated carbocycles. The number of nitrogens with zero attached hydrogens (tertiary/aromatic N) is 2. The molecule has 1 aromatic carbocycles. The van der Waals surface area contributed by atoms with E-state index in [-0.39, 0.29) is 48.7 Å². The molecule has 1 spiro atoms. The number of hydrogen-bond acceptors (Lipinski definition) is 7. The van der Waals surface area contributed by atoms with Gasteiger partial charge in [0.05, 0.1) is 36.6 Å². The van der Waals surface area contributed by atoms with Gasteiger partial charge in [-0.3, -0.25) is 19.2 Å². The first-order valence-corrected chi connectivity index (χ1v) is 17.5. The molecule has 10 nitrogen and oxygen atoms in total. The number of nitrogens with one attached hydrogen (secondary N) is 1. The third kappa shape index (κ3) is 7.08. The fourth-order valence-corrected chi connectivity index (χ4v) is 8.37. The minimum absolute atomic E-state index is 0.0958. The van der Waals surface area contributed by atoms with Crippen molar-refractivity contribution in [2.24, 2.45) is 17.8 Å². The monoisotopic (exact) mass is 715 g/mol. The van der Waals surface area contributed by atoms with Gasteiger partial charge in [0, 0.05) is 23.3 Å². The summed E-state index contributed by atoms with van der Waals surface area (Å²) in [5.41, 5.74) is -1.16.